The second kappa shape index (κ2) is 24.3. The van der Waals surface area contributed by atoms with E-state index in [1.54, 1.807) is 0 Å². The summed E-state index contributed by atoms with van der Waals surface area (Å²) in [4.78, 5) is 24.5. The van der Waals surface area contributed by atoms with Crippen LogP contribution in [0.3, 0.4) is 0 Å². The summed E-state index contributed by atoms with van der Waals surface area (Å²) in [5.74, 6) is -0.0260. The van der Waals surface area contributed by atoms with E-state index < -0.39 is 13.9 Å². The first-order chi connectivity index (χ1) is 18.1. The molecule has 8 nitrogen and oxygen atoms in total. The van der Waals surface area contributed by atoms with Crippen LogP contribution in [0.2, 0.25) is 0 Å². The van der Waals surface area contributed by atoms with Gasteiger partial charge in [0.25, 0.3) is 7.82 Å². The summed E-state index contributed by atoms with van der Waals surface area (Å²) in [6.07, 6.45) is 19.0. The van der Waals surface area contributed by atoms with Crippen LogP contribution in [0.25, 0.3) is 0 Å². The first-order valence-corrected chi connectivity index (χ1v) is 16.8. The van der Waals surface area contributed by atoms with Gasteiger partial charge in [0.15, 0.2) is 0 Å². The molecule has 0 radical (unpaired) electrons. The number of carbonyl (C=O) groups is 1. The molecule has 0 bridgehead atoms. The van der Waals surface area contributed by atoms with Crippen molar-refractivity contribution < 1.29 is 32.5 Å². The lowest BCUT2D eigenvalue weighted by Crippen LogP contribution is -2.38. The predicted molar refractivity (Wildman–Crippen MR) is 155 cm³/mol. The Bertz CT molecular complexity index is 600. The number of unbranched alkanes of at least 4 members (excludes halogenated alkanes) is 14. The molecule has 0 fully saturated rings. The summed E-state index contributed by atoms with van der Waals surface area (Å²) in [5, 5.41) is 2.90. The molecule has 0 spiro atoms. The number of nitrogens with one attached hydrogen (secondary N) is 1. The Hall–Kier alpha value is -0.500. The van der Waals surface area contributed by atoms with Gasteiger partial charge >= 0.3 is 0 Å². The predicted octanol–water partition coefficient (Wildman–Crippen LogP) is 6.37. The Morgan fingerprint density at radius 2 is 1.26 bits per heavy atom. The maximum atomic E-state index is 12.3. The van der Waals surface area contributed by atoms with Crippen LogP contribution in [0.5, 0.6) is 0 Å². The van der Waals surface area contributed by atoms with Gasteiger partial charge in [-0.2, -0.15) is 0 Å². The van der Waals surface area contributed by atoms with E-state index in [1.807, 2.05) is 21.1 Å². The average Bonchev–Trinajstić information content (AvgIpc) is 2.84. The number of phosphoric acid groups is 1. The lowest BCUT2D eigenvalue weighted by molar-refractivity contribution is -0.870. The van der Waals surface area contributed by atoms with Crippen LogP contribution < -0.4 is 10.2 Å². The van der Waals surface area contributed by atoms with Crippen LogP contribution in [0, 0.1) is 0 Å². The highest BCUT2D eigenvalue weighted by molar-refractivity contribution is 7.45. The van der Waals surface area contributed by atoms with Crippen molar-refractivity contribution in [2.75, 3.05) is 54.1 Å². The molecule has 0 aromatic heterocycles. The molecular weight excluding hydrogens is 503 g/mol. The summed E-state index contributed by atoms with van der Waals surface area (Å²) in [7, 11) is 1.46. The highest BCUT2D eigenvalue weighted by atomic mass is 31.2. The molecule has 1 amide bonds. The molecule has 0 heterocycles. The normalized spacial score (nSPS) is 14.4. The fourth-order valence-corrected chi connectivity index (χ4v) is 4.75. The molecule has 228 valence electrons. The molecule has 0 saturated carbocycles. The number of phosphoric ester groups is 1. The van der Waals surface area contributed by atoms with Gasteiger partial charge < -0.3 is 28.5 Å². The molecule has 0 aliphatic rings. The average molecular weight is 565 g/mol. The molecule has 0 aromatic rings. The van der Waals surface area contributed by atoms with Crippen molar-refractivity contribution in [3.8, 4) is 0 Å². The summed E-state index contributed by atoms with van der Waals surface area (Å²) in [6.45, 7) is 5.62. The van der Waals surface area contributed by atoms with Gasteiger partial charge in [-0.3, -0.25) is 9.36 Å². The van der Waals surface area contributed by atoms with E-state index in [9.17, 15) is 14.3 Å². The third-order valence-corrected chi connectivity index (χ3v) is 7.53. The van der Waals surface area contributed by atoms with E-state index in [4.69, 9.17) is 13.8 Å². The fourth-order valence-electron chi connectivity index (χ4n) is 4.03. The van der Waals surface area contributed by atoms with Gasteiger partial charge in [0, 0.05) is 19.6 Å². The Balaban J connectivity index is 4.35. The van der Waals surface area contributed by atoms with Crippen molar-refractivity contribution in [1.82, 2.24) is 5.32 Å². The van der Waals surface area contributed by atoms with Gasteiger partial charge in [0.2, 0.25) is 5.91 Å². The van der Waals surface area contributed by atoms with Crippen LogP contribution in [0.15, 0.2) is 0 Å². The third-order valence-electron chi connectivity index (χ3n) is 6.57. The number of ether oxygens (including phenoxy) is 1. The van der Waals surface area contributed by atoms with Gasteiger partial charge in [0.1, 0.15) is 13.2 Å². The van der Waals surface area contributed by atoms with E-state index in [0.717, 1.165) is 25.7 Å². The Morgan fingerprint density at radius 1 is 0.763 bits per heavy atom. The number of carbonyl (C=O) groups excluding carboxylic acids is 1. The van der Waals surface area contributed by atoms with Gasteiger partial charge in [-0.25, -0.2) is 0 Å². The minimum atomic E-state index is -4.43. The highest BCUT2D eigenvalue weighted by Crippen LogP contribution is 2.38. The lowest BCUT2D eigenvalue weighted by atomic mass is 10.1. The largest absolute Gasteiger partial charge is 0.756 e. The van der Waals surface area contributed by atoms with Crippen molar-refractivity contribution in [3.05, 3.63) is 0 Å². The van der Waals surface area contributed by atoms with E-state index in [2.05, 4.69) is 19.2 Å². The number of likely N-dealkylation sites (N-methyl/N-ethyl adjacent to an activating group) is 1. The standard InChI is InChI=1S/C29H61N2O6P/c1-6-8-10-12-14-15-16-18-20-22-29(32)30-26-28(35-24-21-19-17-13-11-9-7-2)27-37-38(33,34)36-25-23-31(3,4)5/h28H,6-27H2,1-5H3,(H-,30,32,33,34). The third kappa shape index (κ3) is 27.1. The molecule has 0 aliphatic carbocycles. The Kier molecular flexibility index (Phi) is 24.0. The molecule has 0 rings (SSSR count). The monoisotopic (exact) mass is 564 g/mol. The highest BCUT2D eigenvalue weighted by Gasteiger charge is 2.18. The van der Waals surface area contributed by atoms with Gasteiger partial charge in [-0.1, -0.05) is 104 Å². The summed E-state index contributed by atoms with van der Waals surface area (Å²) in [5.41, 5.74) is 0. The zero-order valence-corrected chi connectivity index (χ0v) is 26.4. The maximum Gasteiger partial charge on any atom is 0.268 e. The Morgan fingerprint density at radius 3 is 1.79 bits per heavy atom. The van der Waals surface area contributed by atoms with E-state index >= 15 is 0 Å². The molecule has 9 heteroatoms. The van der Waals surface area contributed by atoms with E-state index in [1.165, 1.54) is 77.0 Å². The zero-order valence-electron chi connectivity index (χ0n) is 25.5. The fraction of sp³-hybridized carbons (Fsp3) is 0.966. The topological polar surface area (TPSA) is 96.9 Å². The minimum absolute atomic E-state index is 0.0260. The molecule has 2 unspecified atom stereocenters. The molecule has 2 atom stereocenters. The van der Waals surface area contributed by atoms with E-state index in [-0.39, 0.29) is 25.7 Å². The quantitative estimate of drug-likeness (QED) is 0.0674. The molecule has 0 aliphatic heterocycles. The second-order valence-electron chi connectivity index (χ2n) is 11.6. The Labute approximate surface area is 234 Å². The van der Waals surface area contributed by atoms with E-state index in [0.29, 0.717) is 24.1 Å². The second-order valence-corrected chi connectivity index (χ2v) is 13.0. The van der Waals surface area contributed by atoms with Crippen LogP contribution in [-0.4, -0.2) is 70.5 Å². The van der Waals surface area contributed by atoms with Crippen LogP contribution in [0.4, 0.5) is 0 Å². The molecule has 1 N–H and O–H groups in total. The van der Waals surface area contributed by atoms with Crippen molar-refractivity contribution >= 4 is 13.7 Å². The SMILES string of the molecule is CCCCCCCCCCCC(=O)NCC(COP(=O)([O-])OCC[N+](C)(C)C)OCCCCCCCCC. The number of hydrogen-bond acceptors (Lipinski definition) is 6. The van der Waals surface area contributed by atoms with Crippen LogP contribution >= 0.6 is 7.82 Å². The molecule has 0 saturated heterocycles. The van der Waals surface area contributed by atoms with Gasteiger partial charge in [-0.15, -0.1) is 0 Å². The number of nitrogens with zero attached hydrogens (tertiary/aromatic N) is 1. The molecule has 38 heavy (non-hydrogen) atoms. The summed E-state index contributed by atoms with van der Waals surface area (Å²) < 4.78 is 28.8. The van der Waals surface area contributed by atoms with Crippen molar-refractivity contribution in [3.63, 3.8) is 0 Å². The number of rotatable bonds is 28. The van der Waals surface area contributed by atoms with Crippen molar-refractivity contribution in [2.45, 2.75) is 129 Å². The smallest absolute Gasteiger partial charge is 0.268 e. The lowest BCUT2D eigenvalue weighted by Gasteiger charge is -2.28. The maximum absolute atomic E-state index is 12.3. The minimum Gasteiger partial charge on any atom is -0.756 e. The number of amides is 1. The molecular formula is C29H61N2O6P. The first-order valence-electron chi connectivity index (χ1n) is 15.4. The summed E-state index contributed by atoms with van der Waals surface area (Å²) in [6, 6.07) is 0. The number of hydrogen-bond donors (Lipinski definition) is 1. The van der Waals surface area contributed by atoms with Gasteiger partial charge in [-0.05, 0) is 12.8 Å². The zero-order chi connectivity index (χ0) is 28.5. The summed E-state index contributed by atoms with van der Waals surface area (Å²) >= 11 is 0. The first kappa shape index (κ1) is 37.5. The number of quaternary nitrogens is 1. The van der Waals surface area contributed by atoms with Gasteiger partial charge in [0.05, 0.1) is 33.9 Å². The van der Waals surface area contributed by atoms with Crippen LogP contribution in [0.1, 0.15) is 123 Å². The van der Waals surface area contributed by atoms with Crippen molar-refractivity contribution in [2.24, 2.45) is 0 Å². The van der Waals surface area contributed by atoms with Crippen molar-refractivity contribution in [1.29, 1.82) is 0 Å². The van der Waals surface area contributed by atoms with Crippen LogP contribution in [-0.2, 0) is 23.1 Å². The molecule has 0 aromatic carbocycles.